The van der Waals surface area contributed by atoms with Gasteiger partial charge in [-0.3, -0.25) is 14.9 Å². The zero-order valence-electron chi connectivity index (χ0n) is 17.2. The lowest BCUT2D eigenvalue weighted by atomic mass is 10.1. The molecule has 2 aromatic rings. The topological polar surface area (TPSA) is 94.2 Å². The van der Waals surface area contributed by atoms with E-state index in [1.54, 1.807) is 36.4 Å². The first-order valence-electron chi connectivity index (χ1n) is 9.54. The van der Waals surface area contributed by atoms with Crippen LogP contribution >= 0.6 is 15.9 Å². The minimum absolute atomic E-state index is 0.188. The highest BCUT2D eigenvalue weighted by Gasteiger charge is 2.36. The van der Waals surface area contributed by atoms with Gasteiger partial charge in [0.1, 0.15) is 11.3 Å². The van der Waals surface area contributed by atoms with Crippen molar-refractivity contribution in [2.24, 2.45) is 0 Å². The maximum Gasteiger partial charge on any atom is 0.335 e. The molecule has 1 saturated heterocycles. The van der Waals surface area contributed by atoms with Crippen LogP contribution in [-0.2, 0) is 9.59 Å². The van der Waals surface area contributed by atoms with Gasteiger partial charge in [0.15, 0.2) is 11.5 Å². The number of anilines is 1. The normalized spacial score (nSPS) is 15.2. The van der Waals surface area contributed by atoms with Crippen molar-refractivity contribution >= 4 is 45.5 Å². The summed E-state index contributed by atoms with van der Waals surface area (Å²) < 4.78 is 16.9. The van der Waals surface area contributed by atoms with Gasteiger partial charge in [0.2, 0.25) is 0 Å². The molecule has 0 aliphatic carbocycles. The van der Waals surface area contributed by atoms with Gasteiger partial charge in [-0.1, -0.05) is 0 Å². The number of urea groups is 1. The number of carbonyl (C=O) groups is 3. The Hall–Kier alpha value is -3.33. The van der Waals surface area contributed by atoms with Crippen LogP contribution in [0.4, 0.5) is 10.5 Å². The number of amides is 4. The average molecular weight is 489 g/mol. The van der Waals surface area contributed by atoms with Crippen LogP contribution in [0.1, 0.15) is 19.4 Å². The van der Waals surface area contributed by atoms with E-state index in [9.17, 15) is 14.4 Å². The summed E-state index contributed by atoms with van der Waals surface area (Å²) in [5, 5.41) is 2.20. The van der Waals surface area contributed by atoms with E-state index >= 15 is 0 Å². The van der Waals surface area contributed by atoms with Gasteiger partial charge in [0.05, 0.1) is 30.5 Å². The van der Waals surface area contributed by atoms with Crippen LogP contribution < -0.4 is 24.4 Å². The van der Waals surface area contributed by atoms with Gasteiger partial charge in [-0.05, 0) is 77.8 Å². The van der Waals surface area contributed by atoms with Crippen LogP contribution in [0.2, 0.25) is 0 Å². The molecule has 2 aromatic carbocycles. The number of benzene rings is 2. The summed E-state index contributed by atoms with van der Waals surface area (Å²) in [6, 6.07) is 8.96. The number of rotatable bonds is 7. The maximum absolute atomic E-state index is 13.0. The third-order valence-electron chi connectivity index (χ3n) is 4.36. The van der Waals surface area contributed by atoms with E-state index < -0.39 is 17.8 Å². The van der Waals surface area contributed by atoms with E-state index in [2.05, 4.69) is 21.2 Å². The Bertz CT molecular complexity index is 1050. The minimum Gasteiger partial charge on any atom is -0.494 e. The Kier molecular flexibility index (Phi) is 6.96. The average Bonchev–Trinajstić information content (AvgIpc) is 2.74. The van der Waals surface area contributed by atoms with Crippen LogP contribution in [0.25, 0.3) is 6.08 Å². The molecule has 1 N–H and O–H groups in total. The molecular formula is C22H21BrN2O6. The Morgan fingerprint density at radius 1 is 1.03 bits per heavy atom. The summed E-state index contributed by atoms with van der Waals surface area (Å²) in [4.78, 5) is 38.7. The highest BCUT2D eigenvalue weighted by Crippen LogP contribution is 2.37. The molecule has 0 radical (unpaired) electrons. The second-order valence-corrected chi connectivity index (χ2v) is 7.21. The van der Waals surface area contributed by atoms with Crippen molar-refractivity contribution in [1.82, 2.24) is 5.32 Å². The highest BCUT2D eigenvalue weighted by atomic mass is 79.9. The smallest absolute Gasteiger partial charge is 0.335 e. The summed E-state index contributed by atoms with van der Waals surface area (Å²) in [7, 11) is 1.49. The summed E-state index contributed by atoms with van der Waals surface area (Å²) in [5.41, 5.74) is 0.646. The molecule has 162 valence electrons. The molecule has 31 heavy (non-hydrogen) atoms. The summed E-state index contributed by atoms with van der Waals surface area (Å²) in [6.45, 7) is 4.63. The number of carbonyl (C=O) groups excluding carboxylic acids is 3. The van der Waals surface area contributed by atoms with Gasteiger partial charge in [-0.2, -0.15) is 0 Å². The van der Waals surface area contributed by atoms with Gasteiger partial charge in [0, 0.05) is 0 Å². The van der Waals surface area contributed by atoms with E-state index in [1.165, 1.54) is 13.2 Å². The van der Waals surface area contributed by atoms with Gasteiger partial charge in [0.25, 0.3) is 11.8 Å². The molecule has 4 amide bonds. The lowest BCUT2D eigenvalue weighted by molar-refractivity contribution is -0.122. The molecule has 1 aliphatic heterocycles. The molecule has 8 nitrogen and oxygen atoms in total. The zero-order chi connectivity index (χ0) is 22.5. The fourth-order valence-corrected chi connectivity index (χ4v) is 3.60. The number of hydrogen-bond acceptors (Lipinski definition) is 6. The van der Waals surface area contributed by atoms with Crippen LogP contribution in [0.3, 0.4) is 0 Å². The third kappa shape index (κ3) is 4.72. The van der Waals surface area contributed by atoms with Crippen LogP contribution in [0.15, 0.2) is 46.4 Å². The number of imide groups is 2. The molecule has 0 bridgehead atoms. The Labute approximate surface area is 187 Å². The highest BCUT2D eigenvalue weighted by molar-refractivity contribution is 9.10. The largest absolute Gasteiger partial charge is 0.494 e. The van der Waals surface area contributed by atoms with Crippen molar-refractivity contribution < 1.29 is 28.6 Å². The summed E-state index contributed by atoms with van der Waals surface area (Å²) >= 11 is 3.42. The number of nitrogens with one attached hydrogen (secondary N) is 1. The molecule has 9 heteroatoms. The lowest BCUT2D eigenvalue weighted by Gasteiger charge is -2.26. The van der Waals surface area contributed by atoms with Crippen LogP contribution in [0, 0.1) is 0 Å². The van der Waals surface area contributed by atoms with E-state index in [0.29, 0.717) is 46.2 Å². The lowest BCUT2D eigenvalue weighted by Crippen LogP contribution is -2.54. The SMILES string of the molecule is CCOc1ccc(N2C(=O)NC(=O)C(=Cc3cc(Br)c(OCC)c(OC)c3)C2=O)cc1. The first-order valence-corrected chi connectivity index (χ1v) is 10.3. The molecule has 0 aromatic heterocycles. The van der Waals surface area contributed by atoms with Crippen molar-refractivity contribution in [1.29, 1.82) is 0 Å². The molecule has 0 saturated carbocycles. The summed E-state index contributed by atoms with van der Waals surface area (Å²) in [5.74, 6) is 0.0429. The van der Waals surface area contributed by atoms with Crippen LogP contribution in [-0.4, -0.2) is 38.2 Å². The molecule has 1 fully saturated rings. The predicted octanol–water partition coefficient (Wildman–Crippen LogP) is 3.92. The monoisotopic (exact) mass is 488 g/mol. The van der Waals surface area contributed by atoms with Crippen molar-refractivity contribution in [2.75, 3.05) is 25.2 Å². The molecular weight excluding hydrogens is 468 g/mol. The fraction of sp³-hybridized carbons (Fsp3) is 0.227. The minimum atomic E-state index is -0.818. The fourth-order valence-electron chi connectivity index (χ4n) is 3.02. The second-order valence-electron chi connectivity index (χ2n) is 6.35. The number of barbiturate groups is 1. The van der Waals surface area contributed by atoms with E-state index in [0.717, 1.165) is 4.90 Å². The van der Waals surface area contributed by atoms with Crippen molar-refractivity contribution in [3.8, 4) is 17.2 Å². The molecule has 0 atom stereocenters. The van der Waals surface area contributed by atoms with Gasteiger partial charge >= 0.3 is 6.03 Å². The van der Waals surface area contributed by atoms with Crippen LogP contribution in [0.5, 0.6) is 17.2 Å². The molecule has 3 rings (SSSR count). The predicted molar refractivity (Wildman–Crippen MR) is 118 cm³/mol. The third-order valence-corrected chi connectivity index (χ3v) is 4.95. The van der Waals surface area contributed by atoms with Gasteiger partial charge < -0.3 is 14.2 Å². The van der Waals surface area contributed by atoms with Crippen molar-refractivity contribution in [3.63, 3.8) is 0 Å². The standard InChI is InChI=1S/C22H21BrN2O6/c1-4-30-15-8-6-14(7-9-15)25-21(27)16(20(26)24-22(25)28)10-13-11-17(23)19(31-5-2)18(12-13)29-3/h6-12H,4-5H2,1-3H3,(H,24,26,28). The first kappa shape index (κ1) is 22.4. The quantitative estimate of drug-likeness (QED) is 0.468. The van der Waals surface area contributed by atoms with Crippen molar-refractivity contribution in [2.45, 2.75) is 13.8 Å². The van der Waals surface area contributed by atoms with E-state index in [1.807, 2.05) is 13.8 Å². The summed E-state index contributed by atoms with van der Waals surface area (Å²) in [6.07, 6.45) is 1.40. The molecule has 1 heterocycles. The van der Waals surface area contributed by atoms with Crippen molar-refractivity contribution in [3.05, 3.63) is 52.0 Å². The first-order chi connectivity index (χ1) is 14.9. The Morgan fingerprint density at radius 2 is 1.71 bits per heavy atom. The molecule has 0 spiro atoms. The Morgan fingerprint density at radius 3 is 2.32 bits per heavy atom. The number of hydrogen-bond donors (Lipinski definition) is 1. The molecule has 1 aliphatic rings. The maximum atomic E-state index is 13.0. The number of halogens is 1. The zero-order valence-corrected chi connectivity index (χ0v) is 18.8. The van der Waals surface area contributed by atoms with Gasteiger partial charge in [-0.25, -0.2) is 9.69 Å². The number of ether oxygens (including phenoxy) is 3. The van der Waals surface area contributed by atoms with E-state index in [4.69, 9.17) is 14.2 Å². The number of nitrogens with zero attached hydrogens (tertiary/aromatic N) is 1. The number of methoxy groups -OCH3 is 1. The molecule has 0 unspecified atom stereocenters. The second kappa shape index (κ2) is 9.65. The van der Waals surface area contributed by atoms with E-state index in [-0.39, 0.29) is 5.57 Å². The van der Waals surface area contributed by atoms with Gasteiger partial charge in [-0.15, -0.1) is 0 Å². The Balaban J connectivity index is 1.98.